The van der Waals surface area contributed by atoms with Crippen LogP contribution < -0.4 is 5.01 Å². The third kappa shape index (κ3) is 5.00. The molecule has 0 heterocycles. The highest BCUT2D eigenvalue weighted by molar-refractivity contribution is 5.94. The van der Waals surface area contributed by atoms with Gasteiger partial charge in [-0.05, 0) is 43.0 Å². The molecule has 1 fully saturated rings. The lowest BCUT2D eigenvalue weighted by Crippen LogP contribution is -2.49. The minimum atomic E-state index is -0.973. The van der Waals surface area contributed by atoms with Gasteiger partial charge >= 0.3 is 0 Å². The van der Waals surface area contributed by atoms with Gasteiger partial charge < -0.3 is 9.47 Å². The number of nitrogens with zero attached hydrogens (tertiary/aromatic N) is 2. The minimum absolute atomic E-state index is 0.329. The first-order chi connectivity index (χ1) is 11.5. The van der Waals surface area contributed by atoms with E-state index >= 15 is 0 Å². The number of hydrogen-bond donors (Lipinski definition) is 0. The van der Waals surface area contributed by atoms with Crippen molar-refractivity contribution >= 4 is 11.6 Å². The zero-order valence-electron chi connectivity index (χ0n) is 14.7. The topological polar surface area (TPSA) is 42.0 Å². The Bertz CT molecular complexity index is 516. The summed E-state index contributed by atoms with van der Waals surface area (Å²) < 4.78 is 24.2. The number of methoxy groups -OCH3 is 1. The third-order valence-electron chi connectivity index (χ3n) is 4.30. The first kappa shape index (κ1) is 18.8. The largest absolute Gasteiger partial charge is 0.348 e. The van der Waals surface area contributed by atoms with E-state index in [9.17, 15) is 9.18 Å². The predicted octanol–water partition coefficient (Wildman–Crippen LogP) is 3.20. The van der Waals surface area contributed by atoms with E-state index in [1.54, 1.807) is 31.2 Å². The Balaban J connectivity index is 2.03. The fourth-order valence-corrected chi connectivity index (χ4v) is 3.05. The van der Waals surface area contributed by atoms with Crippen LogP contribution in [0.1, 0.15) is 32.1 Å². The maximum absolute atomic E-state index is 13.1. The molecule has 0 radical (unpaired) electrons. The molecule has 1 aliphatic carbocycles. The van der Waals surface area contributed by atoms with Crippen LogP contribution in [0.4, 0.5) is 10.1 Å². The summed E-state index contributed by atoms with van der Waals surface area (Å²) >= 11 is 0. The monoisotopic (exact) mass is 338 g/mol. The standard InChI is InChI=1S/C18H27FN2O3/c1-20(2)21(16-11-9-15(19)10-12-16)17(22)18(23-3)24-13-14-7-5-4-6-8-14/h9-12,14,18H,4-8,13H2,1-3H3. The van der Waals surface area contributed by atoms with Crippen LogP contribution in [0.3, 0.4) is 0 Å². The molecule has 24 heavy (non-hydrogen) atoms. The highest BCUT2D eigenvalue weighted by atomic mass is 19.1. The molecular formula is C18H27FN2O3. The van der Waals surface area contributed by atoms with Crippen molar-refractivity contribution in [1.82, 2.24) is 5.01 Å². The number of carbonyl (C=O) groups is 1. The summed E-state index contributed by atoms with van der Waals surface area (Å²) in [7, 11) is 4.95. The highest BCUT2D eigenvalue weighted by Gasteiger charge is 2.29. The van der Waals surface area contributed by atoms with Crippen LogP contribution in [0.2, 0.25) is 0 Å². The van der Waals surface area contributed by atoms with Crippen molar-refractivity contribution in [2.45, 2.75) is 38.4 Å². The van der Waals surface area contributed by atoms with E-state index in [2.05, 4.69) is 0 Å². The SMILES string of the molecule is COC(OCC1CCCCC1)C(=O)N(c1ccc(F)cc1)N(C)C. The average molecular weight is 338 g/mol. The van der Waals surface area contributed by atoms with Gasteiger partial charge in [0.05, 0.1) is 12.3 Å². The number of rotatable bonds is 7. The van der Waals surface area contributed by atoms with E-state index in [1.165, 1.54) is 43.5 Å². The molecule has 0 saturated heterocycles. The fourth-order valence-electron chi connectivity index (χ4n) is 3.05. The third-order valence-corrected chi connectivity index (χ3v) is 4.30. The molecule has 1 amide bonds. The normalized spacial score (nSPS) is 17.0. The summed E-state index contributed by atoms with van der Waals surface area (Å²) in [5.41, 5.74) is 0.565. The molecule has 0 aliphatic heterocycles. The number of anilines is 1. The fraction of sp³-hybridized carbons (Fsp3) is 0.611. The van der Waals surface area contributed by atoms with Gasteiger partial charge in [-0.1, -0.05) is 19.3 Å². The molecule has 1 aromatic carbocycles. The Hall–Kier alpha value is -1.50. The van der Waals surface area contributed by atoms with Crippen LogP contribution in [0, 0.1) is 11.7 Å². The van der Waals surface area contributed by atoms with Gasteiger partial charge in [-0.15, -0.1) is 0 Å². The molecule has 0 N–H and O–H groups in total. The summed E-state index contributed by atoms with van der Waals surface area (Å²) in [6, 6.07) is 5.76. The summed E-state index contributed by atoms with van der Waals surface area (Å²) in [6.07, 6.45) is 5.03. The van der Waals surface area contributed by atoms with Gasteiger partial charge in [0.2, 0.25) is 6.29 Å². The first-order valence-electron chi connectivity index (χ1n) is 8.44. The predicted molar refractivity (Wildman–Crippen MR) is 90.9 cm³/mol. The van der Waals surface area contributed by atoms with E-state index in [0.717, 1.165) is 12.8 Å². The second kappa shape index (κ2) is 9.11. The van der Waals surface area contributed by atoms with E-state index in [0.29, 0.717) is 18.2 Å². The Labute approximate surface area is 143 Å². The maximum Gasteiger partial charge on any atom is 0.298 e. The molecule has 2 rings (SSSR count). The molecule has 5 nitrogen and oxygen atoms in total. The number of benzene rings is 1. The Morgan fingerprint density at radius 2 is 1.83 bits per heavy atom. The molecule has 1 saturated carbocycles. The molecule has 0 aromatic heterocycles. The van der Waals surface area contributed by atoms with E-state index < -0.39 is 6.29 Å². The number of halogens is 1. The zero-order chi connectivity index (χ0) is 17.5. The van der Waals surface area contributed by atoms with Crippen LogP contribution in [-0.4, -0.2) is 45.0 Å². The van der Waals surface area contributed by atoms with Gasteiger partial charge in [0.15, 0.2) is 0 Å². The molecular weight excluding hydrogens is 311 g/mol. The van der Waals surface area contributed by atoms with Crippen molar-refractivity contribution in [3.63, 3.8) is 0 Å². The van der Waals surface area contributed by atoms with Crippen LogP contribution in [0.15, 0.2) is 24.3 Å². The Morgan fingerprint density at radius 3 is 2.38 bits per heavy atom. The van der Waals surface area contributed by atoms with Crippen molar-refractivity contribution in [3.8, 4) is 0 Å². The second-order valence-electron chi connectivity index (χ2n) is 6.38. The van der Waals surface area contributed by atoms with Gasteiger partial charge in [0, 0.05) is 21.2 Å². The molecule has 0 bridgehead atoms. The summed E-state index contributed by atoms with van der Waals surface area (Å²) in [5, 5.41) is 3.06. The minimum Gasteiger partial charge on any atom is -0.348 e. The van der Waals surface area contributed by atoms with Crippen LogP contribution >= 0.6 is 0 Å². The van der Waals surface area contributed by atoms with Crippen molar-refractivity contribution in [1.29, 1.82) is 0 Å². The van der Waals surface area contributed by atoms with Crippen molar-refractivity contribution in [3.05, 3.63) is 30.1 Å². The van der Waals surface area contributed by atoms with Crippen molar-refractivity contribution < 1.29 is 18.7 Å². The highest BCUT2D eigenvalue weighted by Crippen LogP contribution is 2.25. The number of amides is 1. The molecule has 1 unspecified atom stereocenters. The smallest absolute Gasteiger partial charge is 0.298 e. The van der Waals surface area contributed by atoms with Gasteiger partial charge in [-0.25, -0.2) is 14.4 Å². The summed E-state index contributed by atoms with van der Waals surface area (Å²) in [5.74, 6) is -0.186. The summed E-state index contributed by atoms with van der Waals surface area (Å²) in [4.78, 5) is 12.8. The number of hydrogen-bond acceptors (Lipinski definition) is 4. The number of carbonyl (C=O) groups excluding carboxylic acids is 1. The zero-order valence-corrected chi connectivity index (χ0v) is 14.7. The Morgan fingerprint density at radius 1 is 1.21 bits per heavy atom. The molecule has 1 aromatic rings. The first-order valence-corrected chi connectivity index (χ1v) is 8.44. The lowest BCUT2D eigenvalue weighted by atomic mass is 9.90. The van der Waals surface area contributed by atoms with E-state index in [-0.39, 0.29) is 11.7 Å². The van der Waals surface area contributed by atoms with E-state index in [1.807, 2.05) is 0 Å². The second-order valence-corrected chi connectivity index (χ2v) is 6.38. The van der Waals surface area contributed by atoms with Crippen molar-refractivity contribution in [2.75, 3.05) is 32.8 Å². The number of hydrazine groups is 1. The van der Waals surface area contributed by atoms with Crippen LogP contribution in [0.25, 0.3) is 0 Å². The van der Waals surface area contributed by atoms with Crippen LogP contribution in [0.5, 0.6) is 0 Å². The molecule has 134 valence electrons. The lowest BCUT2D eigenvalue weighted by Gasteiger charge is -2.32. The summed E-state index contributed by atoms with van der Waals surface area (Å²) in [6.45, 7) is 0.523. The van der Waals surface area contributed by atoms with E-state index in [4.69, 9.17) is 9.47 Å². The number of ether oxygens (including phenoxy) is 2. The molecule has 1 atom stereocenters. The van der Waals surface area contributed by atoms with Crippen molar-refractivity contribution in [2.24, 2.45) is 5.92 Å². The van der Waals surface area contributed by atoms with Gasteiger partial charge in [-0.3, -0.25) is 4.79 Å². The average Bonchev–Trinajstić information content (AvgIpc) is 2.58. The quantitative estimate of drug-likeness (QED) is 0.565. The van der Waals surface area contributed by atoms with Gasteiger partial charge in [0.25, 0.3) is 5.91 Å². The van der Waals surface area contributed by atoms with Crippen LogP contribution in [-0.2, 0) is 14.3 Å². The molecule has 0 spiro atoms. The Kier molecular flexibility index (Phi) is 7.15. The maximum atomic E-state index is 13.1. The lowest BCUT2D eigenvalue weighted by molar-refractivity contribution is -0.168. The van der Waals surface area contributed by atoms with Gasteiger partial charge in [0.1, 0.15) is 5.82 Å². The van der Waals surface area contributed by atoms with Gasteiger partial charge in [-0.2, -0.15) is 0 Å². The molecule has 6 heteroatoms. The molecule has 1 aliphatic rings.